The third kappa shape index (κ3) is 1.90. The largest absolute Gasteiger partial charge is 0.460 e. The number of esters is 1. The Bertz CT molecular complexity index is 625. The number of carbonyl (C=O) groups excluding carboxylic acids is 2. The fourth-order valence-corrected chi connectivity index (χ4v) is 1.98. The molecule has 4 heteroatoms. The van der Waals surface area contributed by atoms with E-state index in [1.165, 1.54) is 0 Å². The molecule has 0 spiro atoms. The van der Waals surface area contributed by atoms with Gasteiger partial charge in [-0.2, -0.15) is 0 Å². The Balaban J connectivity index is 2.55. The van der Waals surface area contributed by atoms with E-state index in [0.717, 1.165) is 16.6 Å². The van der Waals surface area contributed by atoms with Gasteiger partial charge in [0.05, 0.1) is 17.7 Å². The lowest BCUT2D eigenvalue weighted by atomic mass is 10.1. The summed E-state index contributed by atoms with van der Waals surface area (Å²) in [5.41, 5.74) is 3.14. The van der Waals surface area contributed by atoms with E-state index in [2.05, 4.69) is 4.98 Å². The molecule has 0 fully saturated rings. The molecule has 0 radical (unpaired) electrons. The molecule has 1 aromatic carbocycles. The molecular formula is C14H15NO3. The van der Waals surface area contributed by atoms with Crippen LogP contribution in [0.15, 0.2) is 18.2 Å². The molecule has 0 aliphatic heterocycles. The first-order valence-electron chi connectivity index (χ1n) is 5.85. The van der Waals surface area contributed by atoms with Crippen molar-refractivity contribution in [3.05, 3.63) is 35.0 Å². The highest BCUT2D eigenvalue weighted by Gasteiger charge is 2.21. The number of ketones is 1. The zero-order valence-electron chi connectivity index (χ0n) is 10.7. The van der Waals surface area contributed by atoms with Gasteiger partial charge in [-0.15, -0.1) is 0 Å². The smallest absolute Gasteiger partial charge is 0.379 e. The summed E-state index contributed by atoms with van der Waals surface area (Å²) in [4.78, 5) is 26.6. The van der Waals surface area contributed by atoms with E-state index in [1.54, 1.807) is 19.1 Å². The number of aromatic amines is 1. The van der Waals surface area contributed by atoms with Crippen molar-refractivity contribution in [3.63, 3.8) is 0 Å². The average molecular weight is 245 g/mol. The SMILES string of the molecule is CCOC(=O)C(=O)c1cccc2c(C)c(C)[nH]c12. The maximum absolute atomic E-state index is 12.0. The number of H-pyrrole nitrogens is 1. The van der Waals surface area contributed by atoms with Gasteiger partial charge in [0, 0.05) is 11.1 Å². The Morgan fingerprint density at radius 1 is 1.28 bits per heavy atom. The lowest BCUT2D eigenvalue weighted by Gasteiger charge is -2.02. The minimum Gasteiger partial charge on any atom is -0.460 e. The molecule has 4 nitrogen and oxygen atoms in total. The van der Waals surface area contributed by atoms with Gasteiger partial charge >= 0.3 is 5.97 Å². The summed E-state index contributed by atoms with van der Waals surface area (Å²) in [6.07, 6.45) is 0. The van der Waals surface area contributed by atoms with E-state index in [0.29, 0.717) is 11.1 Å². The van der Waals surface area contributed by atoms with E-state index in [-0.39, 0.29) is 6.61 Å². The number of hydrogen-bond acceptors (Lipinski definition) is 3. The van der Waals surface area contributed by atoms with Crippen molar-refractivity contribution >= 4 is 22.7 Å². The number of aromatic nitrogens is 1. The lowest BCUT2D eigenvalue weighted by Crippen LogP contribution is -2.17. The van der Waals surface area contributed by atoms with Crippen LogP contribution in [0.5, 0.6) is 0 Å². The molecule has 0 aliphatic rings. The maximum atomic E-state index is 12.0. The van der Waals surface area contributed by atoms with E-state index >= 15 is 0 Å². The summed E-state index contributed by atoms with van der Waals surface area (Å²) in [7, 11) is 0. The summed E-state index contributed by atoms with van der Waals surface area (Å²) < 4.78 is 4.74. The Kier molecular flexibility index (Phi) is 3.19. The molecule has 0 saturated carbocycles. The number of benzene rings is 1. The number of Topliss-reactive ketones (excluding diaryl/α,β-unsaturated/α-hetero) is 1. The molecule has 1 N–H and O–H groups in total. The van der Waals surface area contributed by atoms with Crippen LogP contribution < -0.4 is 0 Å². The van der Waals surface area contributed by atoms with Gasteiger partial charge in [-0.25, -0.2) is 4.79 Å². The monoisotopic (exact) mass is 245 g/mol. The Labute approximate surface area is 105 Å². The van der Waals surface area contributed by atoms with E-state index in [4.69, 9.17) is 4.74 Å². The van der Waals surface area contributed by atoms with Crippen LogP contribution >= 0.6 is 0 Å². The molecule has 1 heterocycles. The van der Waals surface area contributed by atoms with Gasteiger partial charge in [-0.3, -0.25) is 4.79 Å². The van der Waals surface area contributed by atoms with Gasteiger partial charge < -0.3 is 9.72 Å². The summed E-state index contributed by atoms with van der Waals surface area (Å²) in [6.45, 7) is 5.79. The van der Waals surface area contributed by atoms with Crippen LogP contribution in [0.2, 0.25) is 0 Å². The molecule has 0 atom stereocenters. The average Bonchev–Trinajstić information content (AvgIpc) is 2.65. The van der Waals surface area contributed by atoms with Gasteiger partial charge in [0.2, 0.25) is 0 Å². The Hall–Kier alpha value is -2.10. The molecule has 0 unspecified atom stereocenters. The van der Waals surface area contributed by atoms with Crippen molar-refractivity contribution in [3.8, 4) is 0 Å². The van der Waals surface area contributed by atoms with Crippen molar-refractivity contribution in [2.45, 2.75) is 20.8 Å². The van der Waals surface area contributed by atoms with Crippen LogP contribution in [-0.4, -0.2) is 23.3 Å². The molecule has 0 amide bonds. The van der Waals surface area contributed by atoms with Crippen LogP contribution in [0.3, 0.4) is 0 Å². The number of ether oxygens (including phenoxy) is 1. The standard InChI is InChI=1S/C14H15NO3/c1-4-18-14(17)13(16)11-7-5-6-10-8(2)9(3)15-12(10)11/h5-7,15H,4H2,1-3H3. The van der Waals surface area contributed by atoms with Crippen molar-refractivity contribution in [2.75, 3.05) is 6.61 Å². The molecule has 1 aromatic heterocycles. The molecular weight excluding hydrogens is 230 g/mol. The highest BCUT2D eigenvalue weighted by molar-refractivity contribution is 6.42. The van der Waals surface area contributed by atoms with Crippen LogP contribution in [0.1, 0.15) is 28.5 Å². The highest BCUT2D eigenvalue weighted by Crippen LogP contribution is 2.24. The molecule has 2 aromatic rings. The molecule has 2 rings (SSSR count). The third-order valence-electron chi connectivity index (χ3n) is 3.05. The number of rotatable bonds is 3. The minimum absolute atomic E-state index is 0.198. The number of para-hydroxylation sites is 1. The van der Waals surface area contributed by atoms with Gasteiger partial charge in [0.25, 0.3) is 5.78 Å². The van der Waals surface area contributed by atoms with Crippen LogP contribution in [0.25, 0.3) is 10.9 Å². The van der Waals surface area contributed by atoms with Crippen molar-refractivity contribution in [2.24, 2.45) is 0 Å². The van der Waals surface area contributed by atoms with Gasteiger partial charge in [-0.05, 0) is 32.4 Å². The van der Waals surface area contributed by atoms with Crippen molar-refractivity contribution in [1.82, 2.24) is 4.98 Å². The van der Waals surface area contributed by atoms with Gasteiger partial charge in [0.1, 0.15) is 0 Å². The number of hydrogen-bond donors (Lipinski definition) is 1. The molecule has 18 heavy (non-hydrogen) atoms. The second-order valence-corrected chi connectivity index (χ2v) is 4.15. The topological polar surface area (TPSA) is 59.2 Å². The minimum atomic E-state index is -0.810. The predicted molar refractivity (Wildman–Crippen MR) is 68.7 cm³/mol. The third-order valence-corrected chi connectivity index (χ3v) is 3.05. The summed E-state index contributed by atoms with van der Waals surface area (Å²) in [6, 6.07) is 5.34. The zero-order valence-corrected chi connectivity index (χ0v) is 10.7. The second kappa shape index (κ2) is 4.64. The van der Waals surface area contributed by atoms with E-state index in [9.17, 15) is 9.59 Å². The normalized spacial score (nSPS) is 10.6. The van der Waals surface area contributed by atoms with Crippen LogP contribution in [0, 0.1) is 13.8 Å². The molecule has 0 aliphatic carbocycles. The number of fused-ring (bicyclic) bond motifs is 1. The first-order chi connectivity index (χ1) is 8.56. The lowest BCUT2D eigenvalue weighted by molar-refractivity contribution is -0.137. The van der Waals surface area contributed by atoms with Gasteiger partial charge in [0.15, 0.2) is 0 Å². The molecule has 0 saturated heterocycles. The number of carbonyl (C=O) groups is 2. The second-order valence-electron chi connectivity index (χ2n) is 4.15. The van der Waals surface area contributed by atoms with E-state index < -0.39 is 11.8 Å². The van der Waals surface area contributed by atoms with Crippen LogP contribution in [-0.2, 0) is 9.53 Å². The summed E-state index contributed by atoms with van der Waals surface area (Å²) in [5, 5.41) is 0.961. The van der Waals surface area contributed by atoms with Crippen molar-refractivity contribution in [1.29, 1.82) is 0 Å². The number of nitrogens with one attached hydrogen (secondary N) is 1. The quantitative estimate of drug-likeness (QED) is 0.513. The molecule has 0 bridgehead atoms. The zero-order chi connectivity index (χ0) is 13.3. The Morgan fingerprint density at radius 2 is 2.00 bits per heavy atom. The fourth-order valence-electron chi connectivity index (χ4n) is 1.98. The fraction of sp³-hybridized carbons (Fsp3) is 0.286. The predicted octanol–water partition coefficient (Wildman–Crippen LogP) is 2.53. The summed E-state index contributed by atoms with van der Waals surface area (Å²) in [5.74, 6) is -1.42. The summed E-state index contributed by atoms with van der Waals surface area (Å²) >= 11 is 0. The van der Waals surface area contributed by atoms with Gasteiger partial charge in [-0.1, -0.05) is 12.1 Å². The van der Waals surface area contributed by atoms with Crippen molar-refractivity contribution < 1.29 is 14.3 Å². The number of aryl methyl sites for hydroxylation is 2. The maximum Gasteiger partial charge on any atom is 0.379 e. The first kappa shape index (κ1) is 12.4. The highest BCUT2D eigenvalue weighted by atomic mass is 16.5. The van der Waals surface area contributed by atoms with E-state index in [1.807, 2.05) is 19.9 Å². The molecule has 94 valence electrons. The van der Waals surface area contributed by atoms with Crippen LogP contribution in [0.4, 0.5) is 0 Å². The Morgan fingerprint density at radius 3 is 2.67 bits per heavy atom. The first-order valence-corrected chi connectivity index (χ1v) is 5.85.